The molecule has 50 valence electrons. The van der Waals surface area contributed by atoms with Crippen LogP contribution in [-0.2, 0) is 11.8 Å². The van der Waals surface area contributed by atoms with Crippen LogP contribution in [0, 0.1) is 18.3 Å². The van der Waals surface area contributed by atoms with Crippen LogP contribution in [0.3, 0.4) is 0 Å². The molecule has 0 nitrogen and oxygen atoms in total. The molecule has 0 spiro atoms. The van der Waals surface area contributed by atoms with E-state index in [1.54, 1.807) is 0 Å². The van der Waals surface area contributed by atoms with Gasteiger partial charge in [0.05, 0.1) is 0 Å². The molecule has 1 aliphatic heterocycles. The van der Waals surface area contributed by atoms with Gasteiger partial charge in [-0.1, -0.05) is 11.8 Å². The summed E-state index contributed by atoms with van der Waals surface area (Å²) in [7, 11) is 0. The Morgan fingerprint density at radius 2 is 2.56 bits per heavy atom. The molecule has 0 aromatic carbocycles. The summed E-state index contributed by atoms with van der Waals surface area (Å²) in [6.45, 7) is 2.18. The third-order valence-corrected chi connectivity index (χ3v) is 7.47. The van der Waals surface area contributed by atoms with Gasteiger partial charge in [0.2, 0.25) is 0 Å². The van der Waals surface area contributed by atoms with Gasteiger partial charge in [-0.05, 0) is 12.8 Å². The summed E-state index contributed by atoms with van der Waals surface area (Å²) in [4.78, 5) is 0. The average Bonchev–Trinajstić information content (AvgIpc) is 2.10. The Kier molecular flexibility index (Phi) is 2.27. The van der Waals surface area contributed by atoms with Crippen LogP contribution in [0.15, 0.2) is 0 Å². The fourth-order valence-corrected chi connectivity index (χ4v) is 6.31. The molecule has 1 heterocycles. The molecule has 0 amide bonds. The number of hydrogen-bond acceptors (Lipinski definition) is 2. The minimum Gasteiger partial charge on any atom is -0.123 e. The second kappa shape index (κ2) is 2.66. The van der Waals surface area contributed by atoms with E-state index < -0.39 is 5.24 Å². The predicted octanol–water partition coefficient (Wildman–Crippen LogP) is 2.01. The molecule has 0 saturated carbocycles. The van der Waals surface area contributed by atoms with Crippen molar-refractivity contribution >= 4 is 28.4 Å². The fourth-order valence-electron chi connectivity index (χ4n) is 0.854. The van der Waals surface area contributed by atoms with Crippen molar-refractivity contribution in [2.24, 2.45) is 5.92 Å². The molecule has 2 unspecified atom stereocenters. The van der Waals surface area contributed by atoms with Crippen LogP contribution in [0.5, 0.6) is 0 Å². The van der Waals surface area contributed by atoms with Gasteiger partial charge in [-0.3, -0.25) is 0 Å². The first-order valence-corrected chi connectivity index (χ1v) is 7.84. The molecule has 0 aromatic heterocycles. The monoisotopic (exact) mass is 176 g/mol. The molecular weight excluding hydrogens is 167 g/mol. The Morgan fingerprint density at radius 1 is 1.89 bits per heavy atom. The lowest BCUT2D eigenvalue weighted by Gasteiger charge is -2.02. The highest BCUT2D eigenvalue weighted by atomic mass is 32.9. The van der Waals surface area contributed by atoms with Crippen molar-refractivity contribution in [2.75, 3.05) is 18.6 Å². The van der Waals surface area contributed by atoms with E-state index in [1.807, 2.05) is 11.4 Å². The quantitative estimate of drug-likeness (QED) is 0.409. The zero-order chi connectivity index (χ0) is 6.91. The summed E-state index contributed by atoms with van der Waals surface area (Å²) in [6.07, 6.45) is 6.38. The SMILES string of the molecule is C#CC1CSP(C)(=S)C1. The van der Waals surface area contributed by atoms with E-state index in [-0.39, 0.29) is 0 Å². The average molecular weight is 176 g/mol. The van der Waals surface area contributed by atoms with E-state index in [1.165, 1.54) is 0 Å². The smallest absolute Gasteiger partial charge is 0.0348 e. The van der Waals surface area contributed by atoms with Crippen molar-refractivity contribution in [3.63, 3.8) is 0 Å². The summed E-state index contributed by atoms with van der Waals surface area (Å²) >= 11 is 7.25. The van der Waals surface area contributed by atoms with E-state index in [2.05, 4.69) is 12.6 Å². The first-order valence-electron chi connectivity index (χ1n) is 2.81. The molecule has 1 saturated heterocycles. The van der Waals surface area contributed by atoms with Crippen LogP contribution in [0.1, 0.15) is 0 Å². The third-order valence-electron chi connectivity index (χ3n) is 1.34. The van der Waals surface area contributed by atoms with Gasteiger partial charge in [0, 0.05) is 16.9 Å². The van der Waals surface area contributed by atoms with Gasteiger partial charge in [0.25, 0.3) is 0 Å². The van der Waals surface area contributed by atoms with Crippen LogP contribution in [-0.4, -0.2) is 18.6 Å². The lowest BCUT2D eigenvalue weighted by Crippen LogP contribution is -1.95. The zero-order valence-electron chi connectivity index (χ0n) is 5.33. The first kappa shape index (κ1) is 7.66. The van der Waals surface area contributed by atoms with Crippen molar-refractivity contribution in [2.45, 2.75) is 0 Å². The summed E-state index contributed by atoms with van der Waals surface area (Å²) in [5.74, 6) is 4.34. The molecular formula is C6H9PS2. The summed E-state index contributed by atoms with van der Waals surface area (Å²) in [6, 6.07) is 0. The van der Waals surface area contributed by atoms with Crippen LogP contribution >= 0.6 is 16.6 Å². The topological polar surface area (TPSA) is 0 Å². The second-order valence-corrected chi connectivity index (χ2v) is 11.6. The summed E-state index contributed by atoms with van der Waals surface area (Å²) < 4.78 is 0. The minimum absolute atomic E-state index is 0.478. The van der Waals surface area contributed by atoms with E-state index in [0.717, 1.165) is 11.9 Å². The van der Waals surface area contributed by atoms with Crippen LogP contribution in [0.2, 0.25) is 0 Å². The Labute approximate surface area is 65.5 Å². The molecule has 0 N–H and O–H groups in total. The molecule has 9 heavy (non-hydrogen) atoms. The molecule has 1 aliphatic rings. The van der Waals surface area contributed by atoms with Crippen LogP contribution in [0.4, 0.5) is 0 Å². The lowest BCUT2D eigenvalue weighted by atomic mass is 10.2. The van der Waals surface area contributed by atoms with Crippen molar-refractivity contribution in [3.05, 3.63) is 0 Å². The standard InChI is InChI=1S/C6H9PS2/c1-3-6-4-7(2,8)9-5-6/h1,6H,4-5H2,2H3. The molecule has 0 radical (unpaired) electrons. The van der Waals surface area contributed by atoms with Gasteiger partial charge >= 0.3 is 0 Å². The minimum atomic E-state index is -1.01. The molecule has 0 aliphatic carbocycles. The normalized spacial score (nSPS) is 42.4. The van der Waals surface area contributed by atoms with E-state index in [0.29, 0.717) is 5.92 Å². The van der Waals surface area contributed by atoms with Gasteiger partial charge < -0.3 is 0 Å². The molecule has 3 heteroatoms. The van der Waals surface area contributed by atoms with Gasteiger partial charge in [0.15, 0.2) is 0 Å². The van der Waals surface area contributed by atoms with Gasteiger partial charge in [-0.25, -0.2) is 0 Å². The molecule has 0 bridgehead atoms. The van der Waals surface area contributed by atoms with Crippen molar-refractivity contribution in [3.8, 4) is 12.3 Å². The lowest BCUT2D eigenvalue weighted by molar-refractivity contribution is 0.909. The van der Waals surface area contributed by atoms with Gasteiger partial charge in [0.1, 0.15) is 0 Å². The molecule has 2 atom stereocenters. The highest BCUT2D eigenvalue weighted by Crippen LogP contribution is 2.62. The first-order chi connectivity index (χ1) is 4.14. The van der Waals surface area contributed by atoms with Crippen LogP contribution < -0.4 is 0 Å². The maximum Gasteiger partial charge on any atom is 0.0348 e. The highest BCUT2D eigenvalue weighted by Gasteiger charge is 2.25. The van der Waals surface area contributed by atoms with E-state index in [4.69, 9.17) is 18.2 Å². The summed E-state index contributed by atoms with van der Waals surface area (Å²) in [5.41, 5.74) is 0. The maximum absolute atomic E-state index is 5.33. The predicted molar refractivity (Wildman–Crippen MR) is 49.9 cm³/mol. The van der Waals surface area contributed by atoms with Gasteiger partial charge in [-0.2, -0.15) is 0 Å². The maximum atomic E-state index is 5.33. The fraction of sp³-hybridized carbons (Fsp3) is 0.667. The van der Waals surface area contributed by atoms with E-state index >= 15 is 0 Å². The van der Waals surface area contributed by atoms with Crippen molar-refractivity contribution < 1.29 is 0 Å². The Balaban J connectivity index is 2.60. The number of rotatable bonds is 0. The molecule has 0 aromatic rings. The van der Waals surface area contributed by atoms with Crippen molar-refractivity contribution in [1.29, 1.82) is 0 Å². The third kappa shape index (κ3) is 2.00. The van der Waals surface area contributed by atoms with Gasteiger partial charge in [-0.15, -0.1) is 23.7 Å². The Bertz CT molecular complexity index is 192. The van der Waals surface area contributed by atoms with Crippen molar-refractivity contribution in [1.82, 2.24) is 0 Å². The van der Waals surface area contributed by atoms with E-state index in [9.17, 15) is 0 Å². The number of hydrogen-bond donors (Lipinski definition) is 0. The highest BCUT2D eigenvalue weighted by molar-refractivity contribution is 8.71. The Morgan fingerprint density at radius 3 is 2.78 bits per heavy atom. The summed E-state index contributed by atoms with van der Waals surface area (Å²) in [5, 5.41) is -1.01. The molecule has 1 fully saturated rings. The van der Waals surface area contributed by atoms with Crippen LogP contribution in [0.25, 0.3) is 0 Å². The second-order valence-electron chi connectivity index (χ2n) is 2.36. The Hall–Kier alpha value is 0.560. The molecule has 1 rings (SSSR count). The zero-order valence-corrected chi connectivity index (χ0v) is 7.86. The largest absolute Gasteiger partial charge is 0.123 e. The number of terminal acetylenes is 1.